The summed E-state index contributed by atoms with van der Waals surface area (Å²) in [6.45, 7) is 1.07. The van der Waals surface area contributed by atoms with E-state index < -0.39 is 0 Å². The Morgan fingerprint density at radius 1 is 1.16 bits per heavy atom. The second-order valence-corrected chi connectivity index (χ2v) is 7.48. The Balaban J connectivity index is 1.50. The van der Waals surface area contributed by atoms with Crippen LogP contribution in [0.1, 0.15) is 42.7 Å². The maximum Gasteiger partial charge on any atom is 0.267 e. The topological polar surface area (TPSA) is 73.2 Å². The molecule has 1 N–H and O–H groups in total. The Kier molecular flexibility index (Phi) is 4.24. The van der Waals surface area contributed by atoms with Gasteiger partial charge in [0, 0.05) is 24.6 Å². The van der Waals surface area contributed by atoms with E-state index in [1.54, 1.807) is 0 Å². The highest BCUT2D eigenvalue weighted by Crippen LogP contribution is 2.38. The molecule has 2 fully saturated rings. The van der Waals surface area contributed by atoms with Crippen LogP contribution in [0.25, 0.3) is 0 Å². The summed E-state index contributed by atoms with van der Waals surface area (Å²) in [4.78, 5) is 25.7. The van der Waals surface area contributed by atoms with Crippen LogP contribution < -0.4 is 10.2 Å². The second-order valence-electron chi connectivity index (χ2n) is 7.48. The predicted molar refractivity (Wildman–Crippen MR) is 96.6 cm³/mol. The van der Waals surface area contributed by atoms with Gasteiger partial charge in [-0.05, 0) is 36.0 Å². The first-order valence-corrected chi connectivity index (χ1v) is 9.28. The highest BCUT2D eigenvalue weighted by molar-refractivity contribution is 6.67. The maximum absolute atomic E-state index is 12.2. The fourth-order valence-electron chi connectivity index (χ4n) is 4.56. The number of imide groups is 1. The molecule has 2 amide bonds. The van der Waals surface area contributed by atoms with Gasteiger partial charge in [-0.3, -0.25) is 14.9 Å². The zero-order chi connectivity index (χ0) is 17.4. The number of benzene rings is 1. The van der Waals surface area contributed by atoms with Crippen molar-refractivity contribution in [3.05, 3.63) is 29.3 Å². The van der Waals surface area contributed by atoms with Crippen molar-refractivity contribution in [2.24, 2.45) is 0 Å². The van der Waals surface area contributed by atoms with Gasteiger partial charge in [0.05, 0.1) is 0 Å². The molecule has 3 aliphatic rings. The molecule has 3 heterocycles. The van der Waals surface area contributed by atoms with Crippen molar-refractivity contribution in [1.29, 1.82) is 5.26 Å². The normalized spacial score (nSPS) is 24.0. The van der Waals surface area contributed by atoms with E-state index in [4.69, 9.17) is 5.26 Å². The molecule has 0 saturated carbocycles. The summed E-state index contributed by atoms with van der Waals surface area (Å²) < 4.78 is 0. The molecule has 0 aliphatic carbocycles. The Labute approximate surface area is 148 Å². The third kappa shape index (κ3) is 3.04. The van der Waals surface area contributed by atoms with Crippen LogP contribution in [0.3, 0.4) is 0 Å². The van der Waals surface area contributed by atoms with Crippen LogP contribution in [0, 0.1) is 11.2 Å². The minimum atomic E-state index is -0.226. The molecule has 1 aromatic rings. The van der Waals surface area contributed by atoms with Crippen molar-refractivity contribution in [2.75, 3.05) is 11.4 Å². The van der Waals surface area contributed by atoms with Gasteiger partial charge in [-0.2, -0.15) is 0 Å². The fraction of sp³-hybridized carbons (Fsp3) is 0.526. The molecule has 1 unspecified atom stereocenters. The van der Waals surface area contributed by atoms with Gasteiger partial charge >= 0.3 is 0 Å². The first kappa shape index (κ1) is 16.2. The number of amides is 2. The number of nitrogens with zero attached hydrogens (tertiary/aromatic N) is 2. The molecule has 1 aromatic carbocycles. The number of nitrogens with one attached hydrogen (secondary N) is 1. The number of fused-ring (bicyclic) bond motifs is 1. The average molecular weight is 335 g/mol. The van der Waals surface area contributed by atoms with Crippen LogP contribution in [-0.2, 0) is 16.0 Å². The fourth-order valence-corrected chi connectivity index (χ4v) is 4.56. The molecule has 0 aromatic heterocycles. The quantitative estimate of drug-likeness (QED) is 0.665. The van der Waals surface area contributed by atoms with E-state index in [0.29, 0.717) is 18.8 Å². The molecule has 3 aliphatic heterocycles. The first-order chi connectivity index (χ1) is 12.2. The molecule has 2 saturated heterocycles. The molecule has 0 radical (unpaired) electrons. The molecule has 0 spiro atoms. The zero-order valence-electron chi connectivity index (χ0n) is 14.3. The number of anilines is 1. The number of rotatable bonds is 2. The van der Waals surface area contributed by atoms with Crippen LogP contribution in [-0.4, -0.2) is 31.1 Å². The Bertz CT molecular complexity index is 750. The van der Waals surface area contributed by atoms with Crippen molar-refractivity contribution in [3.8, 4) is 5.97 Å². The Morgan fingerprint density at radius 3 is 2.68 bits per heavy atom. The Hall–Kier alpha value is -2.29. The lowest BCUT2D eigenvalue weighted by Crippen LogP contribution is -2.52. The molecule has 25 heavy (non-hydrogen) atoms. The summed E-state index contributed by atoms with van der Waals surface area (Å²) in [6.07, 6.45) is 6.16. The molecular weight excluding hydrogens is 313 g/mol. The molecule has 5 nitrogen and oxygen atoms in total. The number of hydrogen-bond donors (Lipinski definition) is 1. The van der Waals surface area contributed by atoms with Gasteiger partial charge in [0.1, 0.15) is 6.04 Å². The number of hydrogen-bond acceptors (Lipinski definition) is 4. The zero-order valence-corrected chi connectivity index (χ0v) is 14.3. The summed E-state index contributed by atoms with van der Waals surface area (Å²) in [5.74, 6) is 2.63. The van der Waals surface area contributed by atoms with Crippen LogP contribution in [0.15, 0.2) is 18.2 Å². The lowest BCUT2D eigenvalue weighted by Gasteiger charge is -2.32. The van der Waals surface area contributed by atoms with E-state index >= 15 is 0 Å². The minimum Gasteiger partial charge on any atom is -0.359 e. The minimum absolute atomic E-state index is 0.163. The Morgan fingerprint density at radius 2 is 1.96 bits per heavy atom. The first-order valence-electron chi connectivity index (χ1n) is 9.28. The molecule has 4 rings (SSSR count). The summed E-state index contributed by atoms with van der Waals surface area (Å²) in [5, 5.41) is 11.5. The van der Waals surface area contributed by atoms with Crippen molar-refractivity contribution in [1.82, 2.24) is 5.32 Å². The van der Waals surface area contributed by atoms with Gasteiger partial charge in [-0.1, -0.05) is 37.6 Å². The highest BCUT2D eigenvalue weighted by atomic mass is 16.2. The van der Waals surface area contributed by atoms with Crippen LogP contribution >= 0.6 is 0 Å². The molecule has 6 heteroatoms. The van der Waals surface area contributed by atoms with E-state index in [0.717, 1.165) is 44.1 Å². The van der Waals surface area contributed by atoms with Crippen molar-refractivity contribution < 1.29 is 9.59 Å². The molecule has 1 atom stereocenters. The standard InChI is InChI=1S/C19H22BN3O2/c21-12-20-8-5-13(6-9-20)14-1-2-16-15(11-14)7-10-23(16)17-3-4-18(24)22-19(17)25/h1-2,11,13,17H,3-10H2,(H,22,24,25). The summed E-state index contributed by atoms with van der Waals surface area (Å²) >= 11 is 0. The third-order valence-electron chi connectivity index (χ3n) is 6.00. The molecule has 0 bridgehead atoms. The predicted octanol–water partition coefficient (Wildman–Crippen LogP) is 2.29. The van der Waals surface area contributed by atoms with Crippen molar-refractivity contribution in [3.63, 3.8) is 0 Å². The lowest BCUT2D eigenvalue weighted by atomic mass is 9.41. The van der Waals surface area contributed by atoms with E-state index in [1.165, 1.54) is 11.1 Å². The SMILES string of the molecule is N#CB1CCC(c2ccc3c(c2)CCN3C2CCC(=O)NC2=O)CC1. The van der Waals surface area contributed by atoms with E-state index in [1.807, 2.05) is 0 Å². The molecular formula is C19H22BN3O2. The largest absolute Gasteiger partial charge is 0.359 e. The maximum atomic E-state index is 12.2. The second kappa shape index (κ2) is 6.55. The van der Waals surface area contributed by atoms with Crippen molar-refractivity contribution in [2.45, 2.75) is 56.7 Å². The van der Waals surface area contributed by atoms with E-state index in [9.17, 15) is 9.59 Å². The third-order valence-corrected chi connectivity index (χ3v) is 6.00. The van der Waals surface area contributed by atoms with Gasteiger partial charge in [-0.25, -0.2) is 5.26 Å². The summed E-state index contributed by atoms with van der Waals surface area (Å²) in [7, 11) is 0. The smallest absolute Gasteiger partial charge is 0.267 e. The van der Waals surface area contributed by atoms with E-state index in [-0.39, 0.29) is 24.6 Å². The van der Waals surface area contributed by atoms with Gasteiger partial charge in [0.2, 0.25) is 11.8 Å². The molecule has 128 valence electrons. The number of carbonyl (C=O) groups excluding carboxylic acids is 2. The van der Waals surface area contributed by atoms with Crippen LogP contribution in [0.2, 0.25) is 12.6 Å². The highest BCUT2D eigenvalue weighted by Gasteiger charge is 2.35. The lowest BCUT2D eigenvalue weighted by molar-refractivity contribution is -0.134. The summed E-state index contributed by atoms with van der Waals surface area (Å²) in [6, 6.07) is 6.42. The average Bonchev–Trinajstić information content (AvgIpc) is 3.05. The number of piperidine rings is 1. The van der Waals surface area contributed by atoms with Gasteiger partial charge < -0.3 is 4.90 Å². The summed E-state index contributed by atoms with van der Waals surface area (Å²) in [5.41, 5.74) is 3.83. The van der Waals surface area contributed by atoms with Crippen LogP contribution in [0.5, 0.6) is 0 Å². The van der Waals surface area contributed by atoms with Crippen molar-refractivity contribution >= 4 is 24.2 Å². The van der Waals surface area contributed by atoms with Crippen LogP contribution in [0.4, 0.5) is 5.69 Å². The number of carbonyl (C=O) groups is 2. The van der Waals surface area contributed by atoms with Gasteiger partial charge in [-0.15, -0.1) is 0 Å². The monoisotopic (exact) mass is 335 g/mol. The number of nitriles is 1. The van der Waals surface area contributed by atoms with Gasteiger partial charge in [0.25, 0.3) is 6.71 Å². The van der Waals surface area contributed by atoms with E-state index in [2.05, 4.69) is 34.4 Å². The van der Waals surface area contributed by atoms with Gasteiger partial charge in [0.15, 0.2) is 0 Å².